The highest BCUT2D eigenvalue weighted by molar-refractivity contribution is 5.96. The average Bonchev–Trinajstić information content (AvgIpc) is 2.85. The van der Waals surface area contributed by atoms with Gasteiger partial charge in [-0.3, -0.25) is 9.59 Å². The third-order valence-electron chi connectivity index (χ3n) is 5.96. The number of hydrogen-bond donors (Lipinski definition) is 3. The van der Waals surface area contributed by atoms with Crippen LogP contribution >= 0.6 is 0 Å². The highest BCUT2D eigenvalue weighted by Crippen LogP contribution is 2.33. The standard InChI is InChI=1S/C28H32FN3O5/c1-27(2,31)19-14-21(17-5-8-20(29)9-6-17)32-25(15-19)28(3,35)12-11-22(33)18-7-10-23(24(13-18)36-4)37-16-26(30)34/h5-10,13-15,35H,11-12,16,31H2,1-4H3,(H2,30,34)/t28-/m0/s1. The van der Waals surface area contributed by atoms with Crippen molar-refractivity contribution in [3.8, 4) is 22.8 Å². The summed E-state index contributed by atoms with van der Waals surface area (Å²) >= 11 is 0. The quantitative estimate of drug-likeness (QED) is 0.334. The van der Waals surface area contributed by atoms with Crippen molar-refractivity contribution in [2.75, 3.05) is 13.7 Å². The van der Waals surface area contributed by atoms with E-state index in [-0.39, 0.29) is 42.5 Å². The molecule has 0 aliphatic carbocycles. The number of rotatable bonds is 11. The van der Waals surface area contributed by atoms with Gasteiger partial charge in [0.1, 0.15) is 11.4 Å². The lowest BCUT2D eigenvalue weighted by molar-refractivity contribution is -0.119. The van der Waals surface area contributed by atoms with Gasteiger partial charge < -0.3 is 26.0 Å². The van der Waals surface area contributed by atoms with Crippen LogP contribution in [0.3, 0.4) is 0 Å². The van der Waals surface area contributed by atoms with E-state index in [1.165, 1.54) is 31.4 Å². The summed E-state index contributed by atoms with van der Waals surface area (Å²) in [6.07, 6.45) is 0.0971. The van der Waals surface area contributed by atoms with Gasteiger partial charge in [0.15, 0.2) is 23.9 Å². The summed E-state index contributed by atoms with van der Waals surface area (Å²) < 4.78 is 24.0. The first-order valence-corrected chi connectivity index (χ1v) is 11.7. The van der Waals surface area contributed by atoms with Gasteiger partial charge >= 0.3 is 0 Å². The van der Waals surface area contributed by atoms with Crippen LogP contribution < -0.4 is 20.9 Å². The smallest absolute Gasteiger partial charge is 0.255 e. The first-order chi connectivity index (χ1) is 17.3. The van der Waals surface area contributed by atoms with E-state index in [9.17, 15) is 19.1 Å². The summed E-state index contributed by atoms with van der Waals surface area (Å²) in [6.45, 7) is 4.94. The van der Waals surface area contributed by atoms with Crippen molar-refractivity contribution in [3.05, 3.63) is 77.2 Å². The molecule has 0 bridgehead atoms. The predicted octanol–water partition coefficient (Wildman–Crippen LogP) is 3.82. The molecule has 2 aromatic carbocycles. The third kappa shape index (κ3) is 7.12. The lowest BCUT2D eigenvalue weighted by Gasteiger charge is -2.27. The number of halogens is 1. The molecule has 5 N–H and O–H groups in total. The molecule has 0 radical (unpaired) electrons. The number of amides is 1. The monoisotopic (exact) mass is 509 g/mol. The minimum Gasteiger partial charge on any atom is -0.493 e. The molecule has 0 spiro atoms. The number of ketones is 1. The minimum atomic E-state index is -1.46. The van der Waals surface area contributed by atoms with Crippen molar-refractivity contribution < 1.29 is 28.6 Å². The first kappa shape index (κ1) is 27.8. The zero-order valence-corrected chi connectivity index (χ0v) is 21.4. The van der Waals surface area contributed by atoms with Crippen LogP contribution in [-0.2, 0) is 15.9 Å². The number of ether oxygens (including phenoxy) is 2. The molecule has 0 aliphatic rings. The van der Waals surface area contributed by atoms with Crippen LogP contribution in [0, 0.1) is 5.82 Å². The molecular formula is C28H32FN3O5. The maximum atomic E-state index is 13.4. The van der Waals surface area contributed by atoms with E-state index in [4.69, 9.17) is 20.9 Å². The van der Waals surface area contributed by atoms with E-state index in [1.807, 2.05) is 19.9 Å². The topological polar surface area (TPSA) is 138 Å². The maximum Gasteiger partial charge on any atom is 0.255 e. The molecule has 9 heteroatoms. The molecule has 1 aromatic heterocycles. The van der Waals surface area contributed by atoms with Crippen molar-refractivity contribution in [3.63, 3.8) is 0 Å². The number of Topliss-reactive ketones (excluding diaryl/α,β-unsaturated/α-hetero) is 1. The summed E-state index contributed by atoms with van der Waals surface area (Å²) in [4.78, 5) is 28.6. The van der Waals surface area contributed by atoms with Crippen LogP contribution in [0.25, 0.3) is 11.3 Å². The molecule has 3 rings (SSSR count). The number of benzene rings is 2. The van der Waals surface area contributed by atoms with Gasteiger partial charge in [-0.05, 0) is 87.4 Å². The number of aliphatic hydroxyl groups is 1. The van der Waals surface area contributed by atoms with Gasteiger partial charge in [0.25, 0.3) is 5.91 Å². The van der Waals surface area contributed by atoms with E-state index in [2.05, 4.69) is 4.98 Å². The Morgan fingerprint density at radius 1 is 1.03 bits per heavy atom. The van der Waals surface area contributed by atoms with E-state index in [0.717, 1.165) is 5.56 Å². The van der Waals surface area contributed by atoms with Crippen LogP contribution in [0.5, 0.6) is 11.5 Å². The predicted molar refractivity (Wildman–Crippen MR) is 138 cm³/mol. The highest BCUT2D eigenvalue weighted by Gasteiger charge is 2.29. The Labute approximate surface area is 215 Å². The van der Waals surface area contributed by atoms with Crippen LogP contribution in [0.4, 0.5) is 4.39 Å². The molecule has 0 aliphatic heterocycles. The fraction of sp³-hybridized carbons (Fsp3) is 0.321. The SMILES string of the molecule is COc1cc(C(=O)CC[C@](C)(O)c2cc(C(C)(C)N)cc(-c3ccc(F)cc3)n2)ccc1OCC(N)=O. The molecule has 0 unspecified atom stereocenters. The Hall–Kier alpha value is -3.82. The summed E-state index contributed by atoms with van der Waals surface area (Å²) in [7, 11) is 1.42. The van der Waals surface area contributed by atoms with Crippen LogP contribution in [-0.4, -0.2) is 35.5 Å². The van der Waals surface area contributed by atoms with Crippen LogP contribution in [0.15, 0.2) is 54.6 Å². The van der Waals surface area contributed by atoms with Crippen molar-refractivity contribution in [1.82, 2.24) is 4.98 Å². The Kier molecular flexibility index (Phi) is 8.30. The Morgan fingerprint density at radius 2 is 1.70 bits per heavy atom. The van der Waals surface area contributed by atoms with E-state index >= 15 is 0 Å². The molecule has 1 heterocycles. The third-order valence-corrected chi connectivity index (χ3v) is 5.96. The summed E-state index contributed by atoms with van der Waals surface area (Å²) in [5.41, 5.74) is 11.9. The van der Waals surface area contributed by atoms with Gasteiger partial charge in [0, 0.05) is 23.1 Å². The molecule has 1 amide bonds. The fourth-order valence-corrected chi connectivity index (χ4v) is 3.69. The second kappa shape index (κ2) is 11.1. The van der Waals surface area contributed by atoms with Crippen molar-refractivity contribution in [2.24, 2.45) is 11.5 Å². The van der Waals surface area contributed by atoms with E-state index < -0.39 is 17.0 Å². The number of nitrogens with two attached hydrogens (primary N) is 2. The molecule has 1 atom stereocenters. The zero-order valence-electron chi connectivity index (χ0n) is 21.4. The number of aromatic nitrogens is 1. The number of carbonyl (C=O) groups excluding carboxylic acids is 2. The average molecular weight is 510 g/mol. The van der Waals surface area contributed by atoms with Crippen molar-refractivity contribution in [2.45, 2.75) is 44.8 Å². The largest absolute Gasteiger partial charge is 0.493 e. The van der Waals surface area contributed by atoms with Crippen LogP contribution in [0.1, 0.15) is 55.2 Å². The number of nitrogens with zero attached hydrogens (tertiary/aromatic N) is 1. The van der Waals surface area contributed by atoms with Gasteiger partial charge in [0.05, 0.1) is 18.5 Å². The molecular weight excluding hydrogens is 477 g/mol. The molecule has 8 nitrogen and oxygen atoms in total. The first-order valence-electron chi connectivity index (χ1n) is 11.7. The summed E-state index contributed by atoms with van der Waals surface area (Å²) in [5.74, 6) is -0.670. The Morgan fingerprint density at radius 3 is 2.30 bits per heavy atom. The molecule has 0 saturated carbocycles. The lowest BCUT2D eigenvalue weighted by atomic mass is 9.88. The molecule has 0 fully saturated rings. The zero-order chi connectivity index (χ0) is 27.4. The van der Waals surface area contributed by atoms with E-state index in [0.29, 0.717) is 22.5 Å². The van der Waals surface area contributed by atoms with Crippen LogP contribution in [0.2, 0.25) is 0 Å². The van der Waals surface area contributed by atoms with E-state index in [1.54, 1.807) is 31.2 Å². The van der Waals surface area contributed by atoms with Gasteiger partial charge in [-0.15, -0.1) is 0 Å². The fourth-order valence-electron chi connectivity index (χ4n) is 3.69. The number of pyridine rings is 1. The Balaban J connectivity index is 1.84. The summed E-state index contributed by atoms with van der Waals surface area (Å²) in [5, 5.41) is 11.4. The van der Waals surface area contributed by atoms with Crippen molar-refractivity contribution in [1.29, 1.82) is 0 Å². The molecule has 37 heavy (non-hydrogen) atoms. The van der Waals surface area contributed by atoms with Gasteiger partial charge in [-0.25, -0.2) is 9.37 Å². The number of hydrogen-bond acceptors (Lipinski definition) is 7. The normalized spacial score (nSPS) is 13.1. The number of methoxy groups -OCH3 is 1. The second-order valence-corrected chi connectivity index (χ2v) is 9.67. The molecule has 3 aromatic rings. The second-order valence-electron chi connectivity index (χ2n) is 9.67. The van der Waals surface area contributed by atoms with Gasteiger partial charge in [-0.1, -0.05) is 0 Å². The highest BCUT2D eigenvalue weighted by atomic mass is 19.1. The number of carbonyl (C=O) groups is 2. The van der Waals surface area contributed by atoms with Crippen molar-refractivity contribution >= 4 is 11.7 Å². The number of primary amides is 1. The summed E-state index contributed by atoms with van der Waals surface area (Å²) in [6, 6.07) is 14.0. The Bertz CT molecular complexity index is 1280. The minimum absolute atomic E-state index is 0.0153. The molecule has 0 saturated heterocycles. The van der Waals surface area contributed by atoms with Gasteiger partial charge in [-0.2, -0.15) is 0 Å². The lowest BCUT2D eigenvalue weighted by Crippen LogP contribution is -2.31. The van der Waals surface area contributed by atoms with Gasteiger partial charge in [0.2, 0.25) is 0 Å². The maximum absolute atomic E-state index is 13.4. The molecule has 196 valence electrons.